The summed E-state index contributed by atoms with van der Waals surface area (Å²) in [4.78, 5) is 12.6. The highest BCUT2D eigenvalue weighted by Crippen LogP contribution is 2.33. The Balaban J connectivity index is 1.70. The molecule has 0 saturated heterocycles. The summed E-state index contributed by atoms with van der Waals surface area (Å²) < 4.78 is 36.9. The van der Waals surface area contributed by atoms with Gasteiger partial charge in [-0.1, -0.05) is 49.4 Å². The summed E-state index contributed by atoms with van der Waals surface area (Å²) in [5.74, 6) is 0.963. The number of ether oxygens (including phenoxy) is 2. The van der Waals surface area contributed by atoms with Crippen LogP contribution in [0.2, 0.25) is 0 Å². The normalized spacial score (nSPS) is 12.0. The van der Waals surface area contributed by atoms with Crippen molar-refractivity contribution in [2.75, 3.05) is 31.3 Å². The lowest BCUT2D eigenvalue weighted by molar-refractivity contribution is 0.0951. The first kappa shape index (κ1) is 25.1. The van der Waals surface area contributed by atoms with Gasteiger partial charge in [-0.05, 0) is 41.3 Å². The van der Waals surface area contributed by atoms with Crippen molar-refractivity contribution in [3.63, 3.8) is 0 Å². The number of methoxy groups -OCH3 is 2. The molecule has 3 rings (SSSR count). The predicted molar refractivity (Wildman–Crippen MR) is 134 cm³/mol. The summed E-state index contributed by atoms with van der Waals surface area (Å²) in [5, 5.41) is 2.96. The summed E-state index contributed by atoms with van der Waals surface area (Å²) in [7, 11) is -0.557. The molecule has 0 aromatic heterocycles. The fourth-order valence-corrected chi connectivity index (χ4v) is 4.43. The molecular weight excluding hydrogens is 452 g/mol. The van der Waals surface area contributed by atoms with Gasteiger partial charge in [0.15, 0.2) is 11.5 Å². The molecule has 0 saturated carbocycles. The van der Waals surface area contributed by atoms with Gasteiger partial charge in [0.2, 0.25) is 10.0 Å². The van der Waals surface area contributed by atoms with E-state index in [0.717, 1.165) is 17.4 Å². The maximum absolute atomic E-state index is 12.6. The Labute approximate surface area is 201 Å². The number of amides is 1. The Morgan fingerprint density at radius 1 is 0.941 bits per heavy atom. The largest absolute Gasteiger partial charge is 0.493 e. The number of nitrogens with one attached hydrogen (secondary N) is 1. The number of carbonyl (C=O) groups is 1. The first-order valence-electron chi connectivity index (χ1n) is 10.8. The molecule has 0 aliphatic heterocycles. The molecule has 0 radical (unpaired) electrons. The second kappa shape index (κ2) is 11.1. The van der Waals surface area contributed by atoms with E-state index in [0.29, 0.717) is 29.3 Å². The number of anilines is 1. The molecule has 1 amide bonds. The predicted octanol–water partition coefficient (Wildman–Crippen LogP) is 4.20. The molecule has 0 aliphatic rings. The van der Waals surface area contributed by atoms with Crippen LogP contribution in [0, 0.1) is 0 Å². The van der Waals surface area contributed by atoms with Crippen molar-refractivity contribution in [1.29, 1.82) is 0 Å². The molecule has 8 heteroatoms. The number of benzene rings is 3. The van der Waals surface area contributed by atoms with E-state index in [2.05, 4.69) is 12.2 Å². The van der Waals surface area contributed by atoms with Crippen molar-refractivity contribution in [2.45, 2.75) is 19.4 Å². The highest BCUT2D eigenvalue weighted by molar-refractivity contribution is 7.92. The summed E-state index contributed by atoms with van der Waals surface area (Å²) >= 11 is 0. The van der Waals surface area contributed by atoms with Crippen LogP contribution in [0.15, 0.2) is 72.8 Å². The average molecular weight is 483 g/mol. The van der Waals surface area contributed by atoms with Gasteiger partial charge in [-0.3, -0.25) is 9.10 Å². The molecule has 0 fully saturated rings. The fourth-order valence-electron chi connectivity index (χ4n) is 3.55. The van der Waals surface area contributed by atoms with E-state index in [1.54, 1.807) is 42.5 Å². The summed E-state index contributed by atoms with van der Waals surface area (Å²) in [5.41, 5.74) is 2.88. The third-order valence-electron chi connectivity index (χ3n) is 5.54. The maximum atomic E-state index is 12.6. The number of sulfonamides is 1. The van der Waals surface area contributed by atoms with Crippen molar-refractivity contribution in [1.82, 2.24) is 5.32 Å². The maximum Gasteiger partial charge on any atom is 0.251 e. The van der Waals surface area contributed by atoms with Crippen LogP contribution >= 0.6 is 0 Å². The minimum Gasteiger partial charge on any atom is -0.493 e. The molecule has 1 N–H and O–H groups in total. The topological polar surface area (TPSA) is 84.9 Å². The second-order valence-corrected chi connectivity index (χ2v) is 9.93. The van der Waals surface area contributed by atoms with Crippen LogP contribution in [-0.4, -0.2) is 41.3 Å². The summed E-state index contributed by atoms with van der Waals surface area (Å²) in [6, 6.07) is 21.9. The zero-order chi connectivity index (χ0) is 24.7. The highest BCUT2D eigenvalue weighted by Gasteiger charge is 2.20. The molecule has 7 nitrogen and oxygen atoms in total. The van der Waals surface area contributed by atoms with Crippen LogP contribution in [0.3, 0.4) is 0 Å². The van der Waals surface area contributed by atoms with E-state index in [1.165, 1.54) is 18.5 Å². The van der Waals surface area contributed by atoms with Crippen LogP contribution < -0.4 is 19.1 Å². The van der Waals surface area contributed by atoms with Crippen LogP contribution in [0.4, 0.5) is 5.69 Å². The van der Waals surface area contributed by atoms with Gasteiger partial charge >= 0.3 is 0 Å². The summed E-state index contributed by atoms with van der Waals surface area (Å²) in [6.07, 6.45) is 1.15. The van der Waals surface area contributed by atoms with Crippen molar-refractivity contribution in [3.8, 4) is 11.5 Å². The van der Waals surface area contributed by atoms with E-state index in [-0.39, 0.29) is 18.4 Å². The standard InChI is InChI=1S/C26H30N2O5S/c1-19(21-8-6-5-7-9-21)17-27-26(29)22-12-10-20(11-13-22)18-28(34(4,30)31)23-14-15-24(32-2)25(16-23)33-3/h5-16,19H,17-18H2,1-4H3,(H,27,29)/t19-/m0/s1. The quantitative estimate of drug-likeness (QED) is 0.468. The Morgan fingerprint density at radius 2 is 1.59 bits per heavy atom. The SMILES string of the molecule is COc1ccc(N(Cc2ccc(C(=O)NC[C@H](C)c3ccccc3)cc2)S(C)(=O)=O)cc1OC. The Kier molecular flexibility index (Phi) is 8.17. The Morgan fingerprint density at radius 3 is 2.18 bits per heavy atom. The number of carbonyl (C=O) groups excluding carboxylic acids is 1. The van der Waals surface area contributed by atoms with Gasteiger partial charge < -0.3 is 14.8 Å². The van der Waals surface area contributed by atoms with Crippen LogP contribution in [0.5, 0.6) is 11.5 Å². The molecule has 0 heterocycles. The van der Waals surface area contributed by atoms with Gasteiger partial charge in [-0.25, -0.2) is 8.42 Å². The van der Waals surface area contributed by atoms with Gasteiger partial charge in [0, 0.05) is 18.2 Å². The van der Waals surface area contributed by atoms with Crippen molar-refractivity contribution >= 4 is 21.6 Å². The van der Waals surface area contributed by atoms with Crippen LogP contribution in [0.25, 0.3) is 0 Å². The Hall–Kier alpha value is -3.52. The molecule has 0 unspecified atom stereocenters. The van der Waals surface area contributed by atoms with Gasteiger partial charge in [0.1, 0.15) is 0 Å². The van der Waals surface area contributed by atoms with Gasteiger partial charge in [-0.15, -0.1) is 0 Å². The minimum atomic E-state index is -3.57. The molecule has 0 aliphatic carbocycles. The third kappa shape index (κ3) is 6.29. The van der Waals surface area contributed by atoms with E-state index >= 15 is 0 Å². The first-order valence-corrected chi connectivity index (χ1v) is 12.7. The number of rotatable bonds is 10. The molecule has 3 aromatic rings. The second-order valence-electron chi connectivity index (χ2n) is 8.03. The van der Waals surface area contributed by atoms with Crippen molar-refractivity contribution < 1.29 is 22.7 Å². The van der Waals surface area contributed by atoms with E-state index in [4.69, 9.17) is 9.47 Å². The first-order chi connectivity index (χ1) is 16.2. The zero-order valence-electron chi connectivity index (χ0n) is 19.8. The van der Waals surface area contributed by atoms with Crippen molar-refractivity contribution in [2.24, 2.45) is 0 Å². The molecule has 0 bridgehead atoms. The van der Waals surface area contributed by atoms with Crippen molar-refractivity contribution in [3.05, 3.63) is 89.5 Å². The Bertz CT molecular complexity index is 1210. The molecule has 3 aromatic carbocycles. The van der Waals surface area contributed by atoms with Gasteiger partial charge in [0.25, 0.3) is 5.91 Å². The fraction of sp³-hybridized carbons (Fsp3) is 0.269. The lowest BCUT2D eigenvalue weighted by Gasteiger charge is -2.23. The van der Waals surface area contributed by atoms with Crippen LogP contribution in [-0.2, 0) is 16.6 Å². The number of nitrogens with zero attached hydrogens (tertiary/aromatic N) is 1. The van der Waals surface area contributed by atoms with E-state index in [9.17, 15) is 13.2 Å². The minimum absolute atomic E-state index is 0.112. The molecule has 0 spiro atoms. The molecular formula is C26H30N2O5S. The lowest BCUT2D eigenvalue weighted by atomic mass is 10.0. The van der Waals surface area contributed by atoms with Crippen LogP contribution in [0.1, 0.15) is 34.3 Å². The van der Waals surface area contributed by atoms with Gasteiger partial charge in [0.05, 0.1) is 32.7 Å². The monoisotopic (exact) mass is 482 g/mol. The summed E-state index contributed by atoms with van der Waals surface area (Å²) in [6.45, 7) is 2.69. The molecule has 34 heavy (non-hydrogen) atoms. The number of hydrogen-bond donors (Lipinski definition) is 1. The average Bonchev–Trinajstić information content (AvgIpc) is 2.85. The molecule has 180 valence electrons. The van der Waals surface area contributed by atoms with E-state index < -0.39 is 10.0 Å². The zero-order valence-corrected chi connectivity index (χ0v) is 20.6. The lowest BCUT2D eigenvalue weighted by Crippen LogP contribution is -2.29. The molecule has 1 atom stereocenters. The third-order valence-corrected chi connectivity index (χ3v) is 6.68. The number of hydrogen-bond acceptors (Lipinski definition) is 5. The smallest absolute Gasteiger partial charge is 0.251 e. The van der Waals surface area contributed by atoms with Gasteiger partial charge in [-0.2, -0.15) is 0 Å². The van der Waals surface area contributed by atoms with E-state index in [1.807, 2.05) is 30.3 Å². The highest BCUT2D eigenvalue weighted by atomic mass is 32.2.